The van der Waals surface area contributed by atoms with Crippen molar-refractivity contribution in [3.63, 3.8) is 0 Å². The Morgan fingerprint density at radius 1 is 1.37 bits per heavy atom. The highest BCUT2D eigenvalue weighted by molar-refractivity contribution is 7.85. The summed E-state index contributed by atoms with van der Waals surface area (Å²) in [6, 6.07) is -0.165. The third kappa shape index (κ3) is 7.15. The van der Waals surface area contributed by atoms with Crippen LogP contribution < -0.4 is 10.6 Å². The Morgan fingerprint density at radius 2 is 2.00 bits per heavy atom. The van der Waals surface area contributed by atoms with Gasteiger partial charge in [-0.25, -0.2) is 4.79 Å². The van der Waals surface area contributed by atoms with E-state index >= 15 is 0 Å². The molecule has 2 amide bonds. The second-order valence-corrected chi connectivity index (χ2v) is 6.62. The Balaban J connectivity index is 2.15. The molecule has 0 radical (unpaired) electrons. The van der Waals surface area contributed by atoms with Crippen molar-refractivity contribution in [2.24, 2.45) is 0 Å². The van der Waals surface area contributed by atoms with Crippen molar-refractivity contribution >= 4 is 22.8 Å². The quantitative estimate of drug-likeness (QED) is 0.675. The SMILES string of the molecule is CC(CCCC(=O)O)NC(=O)NC1CCS(=O)CC1. The Bertz CT molecular complexity index is 339. The lowest BCUT2D eigenvalue weighted by molar-refractivity contribution is -0.137. The molecule has 1 atom stereocenters. The molecule has 0 aliphatic carbocycles. The molecule has 1 fully saturated rings. The number of nitrogens with one attached hydrogen (secondary N) is 2. The Hall–Kier alpha value is -1.11. The van der Waals surface area contributed by atoms with E-state index in [1.807, 2.05) is 6.92 Å². The maximum atomic E-state index is 11.7. The minimum absolute atomic E-state index is 0.0444. The number of carbonyl (C=O) groups excluding carboxylic acids is 1. The minimum atomic E-state index is -0.813. The average Bonchev–Trinajstić information content (AvgIpc) is 2.31. The molecule has 19 heavy (non-hydrogen) atoms. The van der Waals surface area contributed by atoms with Gasteiger partial charge in [-0.15, -0.1) is 0 Å². The fourth-order valence-corrected chi connectivity index (χ4v) is 3.32. The van der Waals surface area contributed by atoms with Crippen LogP contribution in [-0.4, -0.2) is 44.9 Å². The maximum Gasteiger partial charge on any atom is 0.315 e. The molecule has 7 heteroatoms. The predicted octanol–water partition coefficient (Wildman–Crippen LogP) is 0.840. The van der Waals surface area contributed by atoms with Crippen molar-refractivity contribution < 1.29 is 18.9 Å². The number of carboxylic acid groups (broad SMARTS) is 1. The van der Waals surface area contributed by atoms with Gasteiger partial charge in [0.1, 0.15) is 0 Å². The molecule has 0 aromatic heterocycles. The fraction of sp³-hybridized carbons (Fsp3) is 0.833. The third-order valence-corrected chi connectivity index (χ3v) is 4.51. The predicted molar refractivity (Wildman–Crippen MR) is 73.5 cm³/mol. The lowest BCUT2D eigenvalue weighted by atomic mass is 10.1. The molecular weight excluding hydrogens is 268 g/mol. The molecule has 1 heterocycles. The van der Waals surface area contributed by atoms with Crippen molar-refractivity contribution in [3.05, 3.63) is 0 Å². The summed E-state index contributed by atoms with van der Waals surface area (Å²) >= 11 is 0. The lowest BCUT2D eigenvalue weighted by Gasteiger charge is -2.23. The second kappa shape index (κ2) is 8.14. The molecule has 1 aliphatic rings. The van der Waals surface area contributed by atoms with Crippen molar-refractivity contribution in [1.82, 2.24) is 10.6 Å². The summed E-state index contributed by atoms with van der Waals surface area (Å²) in [6.45, 7) is 1.86. The summed E-state index contributed by atoms with van der Waals surface area (Å²) in [4.78, 5) is 22.1. The molecule has 1 saturated heterocycles. The van der Waals surface area contributed by atoms with E-state index in [0.717, 1.165) is 12.8 Å². The summed E-state index contributed by atoms with van der Waals surface area (Å²) in [5.74, 6) is 0.491. The van der Waals surface area contributed by atoms with E-state index in [4.69, 9.17) is 5.11 Å². The van der Waals surface area contributed by atoms with E-state index in [-0.39, 0.29) is 24.5 Å². The van der Waals surface area contributed by atoms with Gasteiger partial charge >= 0.3 is 12.0 Å². The molecule has 110 valence electrons. The van der Waals surface area contributed by atoms with Gasteiger partial charge in [0.05, 0.1) is 0 Å². The van der Waals surface area contributed by atoms with Crippen LogP contribution in [0.5, 0.6) is 0 Å². The van der Waals surface area contributed by atoms with Crippen LogP contribution >= 0.6 is 0 Å². The first-order valence-electron chi connectivity index (χ1n) is 6.61. The molecule has 0 spiro atoms. The van der Waals surface area contributed by atoms with Crippen molar-refractivity contribution in [2.45, 2.75) is 51.1 Å². The first kappa shape index (κ1) is 15.9. The van der Waals surface area contributed by atoms with Crippen LogP contribution in [0.25, 0.3) is 0 Å². The van der Waals surface area contributed by atoms with Gasteiger partial charge in [0.25, 0.3) is 0 Å². The van der Waals surface area contributed by atoms with Crippen LogP contribution in [0.1, 0.15) is 39.0 Å². The fourth-order valence-electron chi connectivity index (χ4n) is 2.02. The Labute approximate surface area is 115 Å². The maximum absolute atomic E-state index is 11.7. The molecule has 3 N–H and O–H groups in total. The number of carbonyl (C=O) groups is 2. The average molecular weight is 290 g/mol. The van der Waals surface area contributed by atoms with E-state index in [2.05, 4.69) is 10.6 Å². The molecule has 0 aromatic rings. The van der Waals surface area contributed by atoms with E-state index < -0.39 is 16.8 Å². The molecule has 1 unspecified atom stereocenters. The largest absolute Gasteiger partial charge is 0.481 e. The molecule has 0 bridgehead atoms. The highest BCUT2D eigenvalue weighted by Gasteiger charge is 2.19. The van der Waals surface area contributed by atoms with Gasteiger partial charge in [0, 0.05) is 40.8 Å². The summed E-state index contributed by atoms with van der Waals surface area (Å²) in [6.07, 6.45) is 2.84. The van der Waals surface area contributed by atoms with Crippen LogP contribution in [-0.2, 0) is 15.6 Å². The van der Waals surface area contributed by atoms with Crippen LogP contribution in [0, 0.1) is 0 Å². The van der Waals surface area contributed by atoms with E-state index in [1.54, 1.807) is 0 Å². The first-order valence-corrected chi connectivity index (χ1v) is 8.10. The van der Waals surface area contributed by atoms with Crippen molar-refractivity contribution in [1.29, 1.82) is 0 Å². The number of hydrogen-bond acceptors (Lipinski definition) is 3. The van der Waals surface area contributed by atoms with E-state index in [9.17, 15) is 13.8 Å². The van der Waals surface area contributed by atoms with Crippen LogP contribution in [0.2, 0.25) is 0 Å². The smallest absolute Gasteiger partial charge is 0.315 e. The summed E-state index contributed by atoms with van der Waals surface area (Å²) < 4.78 is 11.2. The summed E-state index contributed by atoms with van der Waals surface area (Å²) in [7, 11) is -0.723. The summed E-state index contributed by atoms with van der Waals surface area (Å²) in [5, 5.41) is 14.2. The van der Waals surface area contributed by atoms with Crippen LogP contribution in [0.4, 0.5) is 4.79 Å². The minimum Gasteiger partial charge on any atom is -0.481 e. The normalized spacial score (nSPS) is 24.5. The van der Waals surface area contributed by atoms with Gasteiger partial charge in [-0.2, -0.15) is 0 Å². The molecule has 6 nitrogen and oxygen atoms in total. The van der Waals surface area contributed by atoms with E-state index in [1.165, 1.54) is 0 Å². The third-order valence-electron chi connectivity index (χ3n) is 3.13. The van der Waals surface area contributed by atoms with Gasteiger partial charge in [0.2, 0.25) is 0 Å². The standard InChI is InChI=1S/C12H22N2O4S/c1-9(3-2-4-11(15)16)13-12(17)14-10-5-7-19(18)8-6-10/h9-10H,2-8H2,1H3,(H,15,16)(H2,13,14,17). The second-order valence-electron chi connectivity index (χ2n) is 4.93. The van der Waals surface area contributed by atoms with Crippen molar-refractivity contribution in [2.75, 3.05) is 11.5 Å². The Kier molecular flexibility index (Phi) is 6.83. The van der Waals surface area contributed by atoms with Gasteiger partial charge in [-0.3, -0.25) is 9.00 Å². The highest BCUT2D eigenvalue weighted by atomic mass is 32.2. The number of carboxylic acids is 1. The number of amides is 2. The number of aliphatic carboxylic acids is 1. The Morgan fingerprint density at radius 3 is 2.58 bits per heavy atom. The zero-order valence-electron chi connectivity index (χ0n) is 11.2. The first-order chi connectivity index (χ1) is 8.97. The van der Waals surface area contributed by atoms with Gasteiger partial charge in [-0.05, 0) is 32.6 Å². The molecule has 1 aliphatic heterocycles. The monoisotopic (exact) mass is 290 g/mol. The van der Waals surface area contributed by atoms with Crippen molar-refractivity contribution in [3.8, 4) is 0 Å². The zero-order chi connectivity index (χ0) is 14.3. The molecule has 0 aromatic carbocycles. The van der Waals surface area contributed by atoms with Gasteiger partial charge in [-0.1, -0.05) is 0 Å². The molecular formula is C12H22N2O4S. The van der Waals surface area contributed by atoms with Gasteiger partial charge < -0.3 is 15.7 Å². The van der Waals surface area contributed by atoms with Gasteiger partial charge in [0.15, 0.2) is 0 Å². The van der Waals surface area contributed by atoms with E-state index in [0.29, 0.717) is 24.3 Å². The topological polar surface area (TPSA) is 95.5 Å². The zero-order valence-corrected chi connectivity index (χ0v) is 12.0. The highest BCUT2D eigenvalue weighted by Crippen LogP contribution is 2.09. The molecule has 0 saturated carbocycles. The number of rotatable bonds is 6. The van der Waals surface area contributed by atoms with Crippen LogP contribution in [0.15, 0.2) is 0 Å². The van der Waals surface area contributed by atoms with Crippen LogP contribution in [0.3, 0.4) is 0 Å². The summed E-state index contributed by atoms with van der Waals surface area (Å²) in [5.41, 5.74) is 0. The lowest BCUT2D eigenvalue weighted by Crippen LogP contribution is -2.47. The number of urea groups is 1. The molecule has 1 rings (SSSR count). The number of hydrogen-bond donors (Lipinski definition) is 3.